The molecule has 1 N–H and O–H groups in total. The molecule has 0 bridgehead atoms. The van der Waals surface area contributed by atoms with Gasteiger partial charge in [0.2, 0.25) is 11.8 Å². The molecular formula is C22H24N4O2S. The molecule has 29 heavy (non-hydrogen) atoms. The number of benzene rings is 2. The van der Waals surface area contributed by atoms with Gasteiger partial charge in [-0.25, -0.2) is 0 Å². The number of fused-ring (bicyclic) bond motifs is 1. The van der Waals surface area contributed by atoms with Crippen molar-refractivity contribution in [1.29, 1.82) is 0 Å². The van der Waals surface area contributed by atoms with E-state index in [0.29, 0.717) is 24.1 Å². The molecule has 0 aliphatic heterocycles. The van der Waals surface area contributed by atoms with E-state index < -0.39 is 0 Å². The summed E-state index contributed by atoms with van der Waals surface area (Å²) < 4.78 is 11.6. The molecule has 150 valence electrons. The number of aromatic amines is 1. The van der Waals surface area contributed by atoms with Crippen LogP contribution < -0.4 is 4.74 Å². The molecule has 0 saturated carbocycles. The average Bonchev–Trinajstić information content (AvgIpc) is 3.35. The van der Waals surface area contributed by atoms with Gasteiger partial charge in [0.25, 0.3) is 0 Å². The minimum absolute atomic E-state index is 0.556. The maximum absolute atomic E-state index is 5.88. The molecule has 7 heteroatoms. The molecule has 0 aliphatic rings. The standard InChI is InChI=1S/C22H24N4O2S/c1-26(2)14-17-13-23-20-9-8-16(12-19(17)20)22-25-24-21(28-22)15-29-11-10-27-18-6-4-3-5-7-18/h3-9,12-13,23H,10-11,14-15H2,1-2H3. The van der Waals surface area contributed by atoms with E-state index in [1.165, 1.54) is 10.9 Å². The maximum atomic E-state index is 5.88. The van der Waals surface area contributed by atoms with E-state index in [9.17, 15) is 0 Å². The third kappa shape index (κ3) is 4.99. The molecule has 0 saturated heterocycles. The van der Waals surface area contributed by atoms with Crippen LogP contribution in [0.2, 0.25) is 0 Å². The van der Waals surface area contributed by atoms with Crippen molar-refractivity contribution >= 4 is 22.7 Å². The fourth-order valence-electron chi connectivity index (χ4n) is 3.11. The molecule has 0 unspecified atom stereocenters. The van der Waals surface area contributed by atoms with E-state index in [0.717, 1.165) is 29.1 Å². The first-order valence-corrected chi connectivity index (χ1v) is 10.7. The molecule has 2 heterocycles. The molecule has 4 aromatic rings. The van der Waals surface area contributed by atoms with Gasteiger partial charge in [0, 0.05) is 35.0 Å². The predicted molar refractivity (Wildman–Crippen MR) is 117 cm³/mol. The van der Waals surface area contributed by atoms with Crippen LogP contribution in [0.4, 0.5) is 0 Å². The van der Waals surface area contributed by atoms with E-state index in [2.05, 4.69) is 52.5 Å². The van der Waals surface area contributed by atoms with Crippen LogP contribution in [0.5, 0.6) is 5.75 Å². The van der Waals surface area contributed by atoms with Crippen molar-refractivity contribution in [3.63, 3.8) is 0 Å². The van der Waals surface area contributed by atoms with Crippen LogP contribution in [-0.2, 0) is 12.3 Å². The molecule has 0 atom stereocenters. The summed E-state index contributed by atoms with van der Waals surface area (Å²) in [4.78, 5) is 5.47. The van der Waals surface area contributed by atoms with Gasteiger partial charge in [-0.2, -0.15) is 0 Å². The highest BCUT2D eigenvalue weighted by Crippen LogP contribution is 2.27. The summed E-state index contributed by atoms with van der Waals surface area (Å²) in [6.45, 7) is 1.52. The third-order valence-electron chi connectivity index (χ3n) is 4.43. The lowest BCUT2D eigenvalue weighted by atomic mass is 10.1. The first kappa shape index (κ1) is 19.5. The number of nitrogens with one attached hydrogen (secondary N) is 1. The minimum atomic E-state index is 0.556. The Balaban J connectivity index is 1.34. The van der Waals surface area contributed by atoms with Crippen LogP contribution in [0, 0.1) is 0 Å². The lowest BCUT2D eigenvalue weighted by molar-refractivity contribution is 0.344. The highest BCUT2D eigenvalue weighted by Gasteiger charge is 2.12. The Morgan fingerprint density at radius 3 is 2.79 bits per heavy atom. The zero-order chi connectivity index (χ0) is 20.1. The average molecular weight is 409 g/mol. The van der Waals surface area contributed by atoms with Gasteiger partial charge in [0.05, 0.1) is 12.4 Å². The Labute approximate surface area is 174 Å². The Kier molecular flexibility index (Phi) is 6.17. The third-order valence-corrected chi connectivity index (χ3v) is 5.34. The van der Waals surface area contributed by atoms with Crippen molar-refractivity contribution in [1.82, 2.24) is 20.1 Å². The fraction of sp³-hybridized carbons (Fsp3) is 0.273. The molecular weight excluding hydrogens is 384 g/mol. The van der Waals surface area contributed by atoms with Gasteiger partial charge < -0.3 is 19.0 Å². The summed E-state index contributed by atoms with van der Waals surface area (Å²) in [6, 6.07) is 16.0. The number of rotatable bonds is 9. The first-order chi connectivity index (χ1) is 14.2. The Hall–Kier alpha value is -2.77. The molecule has 2 aromatic carbocycles. The number of thioether (sulfide) groups is 1. The van der Waals surface area contributed by atoms with E-state index in [1.807, 2.05) is 36.4 Å². The van der Waals surface area contributed by atoms with Crippen molar-refractivity contribution in [2.24, 2.45) is 0 Å². The Bertz CT molecular complexity index is 1060. The lowest BCUT2D eigenvalue weighted by Gasteiger charge is -2.08. The van der Waals surface area contributed by atoms with Crippen molar-refractivity contribution in [2.75, 3.05) is 26.5 Å². The fourth-order valence-corrected chi connectivity index (χ4v) is 3.74. The van der Waals surface area contributed by atoms with Gasteiger partial charge in [0.1, 0.15) is 5.75 Å². The van der Waals surface area contributed by atoms with Crippen molar-refractivity contribution < 1.29 is 9.15 Å². The van der Waals surface area contributed by atoms with Gasteiger partial charge in [-0.3, -0.25) is 0 Å². The monoisotopic (exact) mass is 408 g/mol. The first-order valence-electron chi connectivity index (χ1n) is 9.52. The van der Waals surface area contributed by atoms with Crippen LogP contribution in [0.25, 0.3) is 22.4 Å². The number of H-pyrrole nitrogens is 1. The van der Waals surface area contributed by atoms with Gasteiger partial charge in [-0.05, 0) is 50.0 Å². The normalized spacial score (nSPS) is 11.4. The van der Waals surface area contributed by atoms with Gasteiger partial charge in [-0.1, -0.05) is 18.2 Å². The summed E-state index contributed by atoms with van der Waals surface area (Å²) in [5, 5.41) is 9.61. The van der Waals surface area contributed by atoms with Gasteiger partial charge in [-0.15, -0.1) is 22.0 Å². The number of hydrogen-bond acceptors (Lipinski definition) is 6. The molecule has 6 nitrogen and oxygen atoms in total. The summed E-state index contributed by atoms with van der Waals surface area (Å²) in [5.41, 5.74) is 3.30. The maximum Gasteiger partial charge on any atom is 0.247 e. The van der Waals surface area contributed by atoms with E-state index in [4.69, 9.17) is 9.15 Å². The molecule has 0 fully saturated rings. The van der Waals surface area contributed by atoms with Crippen molar-refractivity contribution in [2.45, 2.75) is 12.3 Å². The second kappa shape index (κ2) is 9.15. The number of nitrogens with zero attached hydrogens (tertiary/aromatic N) is 3. The lowest BCUT2D eigenvalue weighted by Crippen LogP contribution is -2.10. The number of aromatic nitrogens is 3. The highest BCUT2D eigenvalue weighted by molar-refractivity contribution is 7.98. The van der Waals surface area contributed by atoms with Gasteiger partial charge in [0.15, 0.2) is 0 Å². The number of para-hydroxylation sites is 1. The molecule has 2 aromatic heterocycles. The summed E-state index contributed by atoms with van der Waals surface area (Å²) in [7, 11) is 4.13. The Morgan fingerprint density at radius 2 is 1.97 bits per heavy atom. The van der Waals surface area contributed by atoms with Crippen LogP contribution in [-0.4, -0.2) is 46.5 Å². The van der Waals surface area contributed by atoms with Crippen LogP contribution in [0.1, 0.15) is 11.5 Å². The second-order valence-corrected chi connectivity index (χ2v) is 8.13. The zero-order valence-corrected chi connectivity index (χ0v) is 17.4. The summed E-state index contributed by atoms with van der Waals surface area (Å²) >= 11 is 1.72. The highest BCUT2D eigenvalue weighted by atomic mass is 32.2. The van der Waals surface area contributed by atoms with E-state index in [1.54, 1.807) is 11.8 Å². The van der Waals surface area contributed by atoms with Crippen molar-refractivity contribution in [3.8, 4) is 17.2 Å². The van der Waals surface area contributed by atoms with Crippen molar-refractivity contribution in [3.05, 3.63) is 66.2 Å². The van der Waals surface area contributed by atoms with E-state index in [-0.39, 0.29) is 0 Å². The predicted octanol–water partition coefficient (Wildman–Crippen LogP) is 4.59. The van der Waals surface area contributed by atoms with Crippen LogP contribution in [0.3, 0.4) is 0 Å². The van der Waals surface area contributed by atoms with E-state index >= 15 is 0 Å². The topological polar surface area (TPSA) is 67.2 Å². The summed E-state index contributed by atoms with van der Waals surface area (Å²) in [6.07, 6.45) is 2.06. The molecule has 0 amide bonds. The molecule has 4 rings (SSSR count). The Morgan fingerprint density at radius 1 is 1.10 bits per heavy atom. The molecule has 0 radical (unpaired) electrons. The zero-order valence-electron chi connectivity index (χ0n) is 16.6. The second-order valence-electron chi connectivity index (χ2n) is 7.03. The quantitative estimate of drug-likeness (QED) is 0.409. The number of ether oxygens (including phenoxy) is 1. The smallest absolute Gasteiger partial charge is 0.247 e. The SMILES string of the molecule is CN(C)Cc1c[nH]c2ccc(-c3nnc(CSCCOc4ccccc4)o3)cc12. The van der Waals surface area contributed by atoms with Gasteiger partial charge >= 0.3 is 0 Å². The number of hydrogen-bond donors (Lipinski definition) is 1. The minimum Gasteiger partial charge on any atom is -0.493 e. The summed E-state index contributed by atoms with van der Waals surface area (Å²) in [5.74, 6) is 3.61. The molecule has 0 aliphatic carbocycles. The van der Waals surface area contributed by atoms with Crippen LogP contribution >= 0.6 is 11.8 Å². The van der Waals surface area contributed by atoms with Crippen LogP contribution in [0.15, 0.2) is 59.1 Å². The molecule has 0 spiro atoms. The largest absolute Gasteiger partial charge is 0.493 e.